The van der Waals surface area contributed by atoms with Crippen LogP contribution in [-0.4, -0.2) is 30.2 Å². The Bertz CT molecular complexity index is 627. The average molecular weight is 308 g/mol. The number of aliphatic hydroxyl groups is 1. The monoisotopic (exact) mass is 308 g/mol. The SMILES string of the molecule is COc1ccc(NC(=O)Cc2nc(CO)cs2)c(OC)c1. The Morgan fingerprint density at radius 2 is 2.19 bits per heavy atom. The molecule has 1 heterocycles. The van der Waals surface area contributed by atoms with Gasteiger partial charge < -0.3 is 19.9 Å². The molecule has 1 aromatic heterocycles. The molecule has 112 valence electrons. The molecular weight excluding hydrogens is 292 g/mol. The number of aliphatic hydroxyl groups excluding tert-OH is 1. The number of rotatable bonds is 6. The van der Waals surface area contributed by atoms with Crippen molar-refractivity contribution in [2.24, 2.45) is 0 Å². The molecule has 0 saturated heterocycles. The summed E-state index contributed by atoms with van der Waals surface area (Å²) in [6.07, 6.45) is 0.153. The number of carbonyl (C=O) groups is 1. The Labute approximate surface area is 126 Å². The lowest BCUT2D eigenvalue weighted by Crippen LogP contribution is -2.15. The smallest absolute Gasteiger partial charge is 0.231 e. The topological polar surface area (TPSA) is 80.7 Å². The Balaban J connectivity index is 2.05. The van der Waals surface area contributed by atoms with Crippen LogP contribution in [0.25, 0.3) is 0 Å². The Hall–Kier alpha value is -2.12. The minimum Gasteiger partial charge on any atom is -0.497 e. The van der Waals surface area contributed by atoms with Gasteiger partial charge in [-0.05, 0) is 12.1 Å². The number of methoxy groups -OCH3 is 2. The molecule has 0 saturated carbocycles. The zero-order chi connectivity index (χ0) is 15.2. The molecule has 0 aliphatic rings. The minimum absolute atomic E-state index is 0.121. The lowest BCUT2D eigenvalue weighted by molar-refractivity contribution is -0.115. The van der Waals surface area contributed by atoms with Crippen LogP contribution in [-0.2, 0) is 17.8 Å². The number of nitrogens with zero attached hydrogens (tertiary/aromatic N) is 1. The van der Waals surface area contributed by atoms with Gasteiger partial charge in [0.25, 0.3) is 0 Å². The van der Waals surface area contributed by atoms with Gasteiger partial charge in [0.2, 0.25) is 5.91 Å². The molecule has 0 radical (unpaired) electrons. The van der Waals surface area contributed by atoms with Gasteiger partial charge in [-0.15, -0.1) is 11.3 Å². The van der Waals surface area contributed by atoms with Crippen molar-refractivity contribution in [3.05, 3.63) is 34.3 Å². The highest BCUT2D eigenvalue weighted by Crippen LogP contribution is 2.29. The third-order valence-corrected chi connectivity index (χ3v) is 3.65. The van der Waals surface area contributed by atoms with Gasteiger partial charge >= 0.3 is 0 Å². The molecule has 0 atom stereocenters. The largest absolute Gasteiger partial charge is 0.497 e. The van der Waals surface area contributed by atoms with Crippen LogP contribution in [0, 0.1) is 0 Å². The lowest BCUT2D eigenvalue weighted by Gasteiger charge is -2.11. The second-order valence-electron chi connectivity index (χ2n) is 4.18. The van der Waals surface area contributed by atoms with E-state index < -0.39 is 0 Å². The van der Waals surface area contributed by atoms with Crippen LogP contribution < -0.4 is 14.8 Å². The first-order valence-electron chi connectivity index (χ1n) is 6.22. The maximum absolute atomic E-state index is 12.0. The van der Waals surface area contributed by atoms with Crippen molar-refractivity contribution in [1.82, 2.24) is 4.98 Å². The fourth-order valence-electron chi connectivity index (χ4n) is 1.74. The standard InChI is InChI=1S/C14H16N2O4S/c1-19-10-3-4-11(12(5-10)20-2)16-13(18)6-14-15-9(7-17)8-21-14/h3-5,8,17H,6-7H2,1-2H3,(H,16,18). The average Bonchev–Trinajstić information content (AvgIpc) is 2.95. The predicted molar refractivity (Wildman–Crippen MR) is 79.9 cm³/mol. The van der Waals surface area contributed by atoms with E-state index in [9.17, 15) is 4.79 Å². The van der Waals surface area contributed by atoms with E-state index in [4.69, 9.17) is 14.6 Å². The van der Waals surface area contributed by atoms with Gasteiger partial charge in [0.1, 0.15) is 16.5 Å². The van der Waals surface area contributed by atoms with Gasteiger partial charge in [-0.25, -0.2) is 4.98 Å². The van der Waals surface area contributed by atoms with Crippen molar-refractivity contribution < 1.29 is 19.4 Å². The van der Waals surface area contributed by atoms with Crippen molar-refractivity contribution in [3.8, 4) is 11.5 Å². The number of amides is 1. The molecule has 6 nitrogen and oxygen atoms in total. The summed E-state index contributed by atoms with van der Waals surface area (Å²) in [5.74, 6) is 0.979. The summed E-state index contributed by atoms with van der Waals surface area (Å²) in [6.45, 7) is -0.121. The number of anilines is 1. The third kappa shape index (κ3) is 3.93. The molecule has 21 heavy (non-hydrogen) atoms. The highest BCUT2D eigenvalue weighted by Gasteiger charge is 2.11. The molecule has 0 aliphatic heterocycles. The molecule has 1 amide bonds. The van der Waals surface area contributed by atoms with Crippen LogP contribution in [0.3, 0.4) is 0 Å². The first-order valence-corrected chi connectivity index (χ1v) is 7.10. The molecule has 1 aromatic carbocycles. The number of nitrogens with one attached hydrogen (secondary N) is 1. The van der Waals surface area contributed by atoms with Crippen LogP contribution in [0.15, 0.2) is 23.6 Å². The van der Waals surface area contributed by atoms with Crippen LogP contribution in [0.1, 0.15) is 10.7 Å². The highest BCUT2D eigenvalue weighted by atomic mass is 32.1. The molecular formula is C14H16N2O4S. The fraction of sp³-hybridized carbons (Fsp3) is 0.286. The summed E-state index contributed by atoms with van der Waals surface area (Å²) < 4.78 is 10.3. The molecule has 0 spiro atoms. The Kier molecular flexibility index (Phi) is 5.13. The number of hydrogen-bond acceptors (Lipinski definition) is 6. The van der Waals surface area contributed by atoms with Gasteiger partial charge in [0.05, 0.1) is 38.6 Å². The molecule has 0 bridgehead atoms. The Morgan fingerprint density at radius 3 is 2.81 bits per heavy atom. The number of ether oxygens (including phenoxy) is 2. The molecule has 2 N–H and O–H groups in total. The number of thiazole rings is 1. The van der Waals surface area contributed by atoms with Gasteiger partial charge in [-0.3, -0.25) is 4.79 Å². The van der Waals surface area contributed by atoms with Crippen LogP contribution in [0.4, 0.5) is 5.69 Å². The highest BCUT2D eigenvalue weighted by molar-refractivity contribution is 7.09. The van der Waals surface area contributed by atoms with Crippen molar-refractivity contribution >= 4 is 22.9 Å². The maximum atomic E-state index is 12.0. The summed E-state index contributed by atoms with van der Waals surface area (Å²) in [6, 6.07) is 5.16. The predicted octanol–water partition coefficient (Wildman–Crippen LogP) is 1.83. The van der Waals surface area contributed by atoms with Crippen molar-refractivity contribution in [2.75, 3.05) is 19.5 Å². The molecule has 7 heteroatoms. The summed E-state index contributed by atoms with van der Waals surface area (Å²) in [4.78, 5) is 16.1. The van der Waals surface area contributed by atoms with Gasteiger partial charge in [0, 0.05) is 11.4 Å². The van der Waals surface area contributed by atoms with Crippen molar-refractivity contribution in [2.45, 2.75) is 13.0 Å². The molecule has 0 fully saturated rings. The van der Waals surface area contributed by atoms with E-state index in [-0.39, 0.29) is 18.9 Å². The van der Waals surface area contributed by atoms with Crippen LogP contribution in [0.5, 0.6) is 11.5 Å². The normalized spacial score (nSPS) is 10.2. The van der Waals surface area contributed by atoms with Crippen LogP contribution in [0.2, 0.25) is 0 Å². The third-order valence-electron chi connectivity index (χ3n) is 2.76. The molecule has 2 rings (SSSR count). The van der Waals surface area contributed by atoms with Gasteiger partial charge in [-0.1, -0.05) is 0 Å². The minimum atomic E-state index is -0.197. The van der Waals surface area contributed by atoms with Crippen LogP contribution >= 0.6 is 11.3 Å². The first-order chi connectivity index (χ1) is 10.2. The molecule has 0 aliphatic carbocycles. The number of aromatic nitrogens is 1. The fourth-order valence-corrected chi connectivity index (χ4v) is 2.52. The van der Waals surface area contributed by atoms with Gasteiger partial charge in [-0.2, -0.15) is 0 Å². The zero-order valence-corrected chi connectivity index (χ0v) is 12.6. The second kappa shape index (κ2) is 7.05. The van der Waals surface area contributed by atoms with Gasteiger partial charge in [0.15, 0.2) is 0 Å². The van der Waals surface area contributed by atoms with Crippen molar-refractivity contribution in [1.29, 1.82) is 0 Å². The van der Waals surface area contributed by atoms with E-state index in [0.29, 0.717) is 27.9 Å². The Morgan fingerprint density at radius 1 is 1.38 bits per heavy atom. The van der Waals surface area contributed by atoms with E-state index in [1.165, 1.54) is 18.4 Å². The summed E-state index contributed by atoms with van der Waals surface area (Å²) in [5, 5.41) is 14.1. The van der Waals surface area contributed by atoms with Crippen molar-refractivity contribution in [3.63, 3.8) is 0 Å². The van der Waals surface area contributed by atoms with E-state index >= 15 is 0 Å². The lowest BCUT2D eigenvalue weighted by atomic mass is 10.2. The summed E-state index contributed by atoms with van der Waals surface area (Å²) in [5.41, 5.74) is 1.15. The number of benzene rings is 1. The van der Waals surface area contributed by atoms with E-state index in [1.54, 1.807) is 30.7 Å². The zero-order valence-electron chi connectivity index (χ0n) is 11.8. The van der Waals surface area contributed by atoms with E-state index in [2.05, 4.69) is 10.3 Å². The maximum Gasteiger partial charge on any atom is 0.231 e. The van der Waals surface area contributed by atoms with E-state index in [1.807, 2.05) is 0 Å². The summed E-state index contributed by atoms with van der Waals surface area (Å²) in [7, 11) is 3.09. The summed E-state index contributed by atoms with van der Waals surface area (Å²) >= 11 is 1.35. The molecule has 0 unspecified atom stereocenters. The quantitative estimate of drug-likeness (QED) is 0.851. The second-order valence-corrected chi connectivity index (χ2v) is 5.12. The molecule has 2 aromatic rings. The first kappa shape index (κ1) is 15.3. The number of carbonyl (C=O) groups excluding carboxylic acids is 1. The number of hydrogen-bond donors (Lipinski definition) is 2. The van der Waals surface area contributed by atoms with E-state index in [0.717, 1.165) is 0 Å².